The Morgan fingerprint density at radius 3 is 2.41 bits per heavy atom. The molecule has 5 nitrogen and oxygen atoms in total. The molecule has 0 bridgehead atoms. The molecule has 3 aromatic heterocycles. The highest BCUT2D eigenvalue weighted by molar-refractivity contribution is 7.00. The van der Waals surface area contributed by atoms with Crippen LogP contribution in [0.15, 0.2) is 115 Å². The number of hydrogen-bond acceptors (Lipinski definition) is 6. The van der Waals surface area contributed by atoms with Gasteiger partial charge in [-0.3, -0.25) is 9.97 Å². The van der Waals surface area contributed by atoms with Gasteiger partial charge in [0.1, 0.15) is 16.8 Å². The fraction of sp³-hybridized carbons (Fsp3) is 0.244. The lowest BCUT2D eigenvalue weighted by atomic mass is 9.68. The maximum Gasteiger partial charge on any atom is 0.131 e. The van der Waals surface area contributed by atoms with E-state index in [2.05, 4.69) is 102 Å². The van der Waals surface area contributed by atoms with Gasteiger partial charge in [0.2, 0.25) is 0 Å². The van der Waals surface area contributed by atoms with Crippen LogP contribution in [0.1, 0.15) is 92.3 Å². The zero-order chi connectivity index (χ0) is 34.7. The predicted octanol–water partition coefficient (Wildman–Crippen LogP) is 11.2. The Morgan fingerprint density at radius 1 is 0.725 bits per heavy atom. The van der Waals surface area contributed by atoms with E-state index in [-0.39, 0.29) is 11.2 Å². The summed E-state index contributed by atoms with van der Waals surface area (Å²) < 4.78 is 9.16. The number of nitrogens with zero attached hydrogens (tertiary/aromatic N) is 4. The number of aromatic nitrogens is 4. The Bertz CT molecular complexity index is 2440. The Balaban J connectivity index is 1.37. The van der Waals surface area contributed by atoms with E-state index in [0.29, 0.717) is 11.5 Å². The number of benzene rings is 4. The zero-order valence-corrected chi connectivity index (χ0v) is 30.0. The van der Waals surface area contributed by atoms with Crippen molar-refractivity contribution in [1.82, 2.24) is 18.7 Å². The fourth-order valence-electron chi connectivity index (χ4n) is 8.54. The van der Waals surface area contributed by atoms with Gasteiger partial charge in [-0.05, 0) is 99.5 Å². The van der Waals surface area contributed by atoms with Crippen LogP contribution in [-0.2, 0) is 10.8 Å². The summed E-state index contributed by atoms with van der Waals surface area (Å²) in [6, 6.07) is 38.8. The summed E-state index contributed by atoms with van der Waals surface area (Å²) in [4.78, 5) is 10.3. The van der Waals surface area contributed by atoms with Crippen LogP contribution in [0.5, 0.6) is 5.75 Å². The number of para-hydroxylation sites is 1. The zero-order valence-electron chi connectivity index (χ0n) is 29.2. The van der Waals surface area contributed by atoms with Crippen LogP contribution in [0.2, 0.25) is 0 Å². The van der Waals surface area contributed by atoms with Crippen LogP contribution in [0, 0.1) is 0 Å². The maximum absolute atomic E-state index is 11.0. The molecule has 9 rings (SSSR count). The third kappa shape index (κ3) is 5.19. The number of pyridine rings is 2. The molecule has 1 fully saturated rings. The van der Waals surface area contributed by atoms with Crippen molar-refractivity contribution in [3.63, 3.8) is 0 Å². The quantitative estimate of drug-likeness (QED) is 0.195. The largest absolute Gasteiger partial charge is 0.507 e. The summed E-state index contributed by atoms with van der Waals surface area (Å²) >= 11 is 1.22. The molecule has 2 aliphatic carbocycles. The number of fused-ring (bicyclic) bond motifs is 4. The lowest BCUT2D eigenvalue weighted by Crippen LogP contribution is -2.30. The highest BCUT2D eigenvalue weighted by atomic mass is 32.1. The first-order chi connectivity index (χ1) is 24.8. The maximum atomic E-state index is 11.0. The van der Waals surface area contributed by atoms with Crippen LogP contribution in [-0.4, -0.2) is 23.8 Å². The first-order valence-corrected chi connectivity index (χ1v) is 18.8. The van der Waals surface area contributed by atoms with Crippen molar-refractivity contribution in [2.24, 2.45) is 0 Å². The molecule has 252 valence electrons. The first kappa shape index (κ1) is 31.8. The highest BCUT2D eigenvalue weighted by Gasteiger charge is 2.48. The average molecular weight is 685 g/mol. The van der Waals surface area contributed by atoms with Crippen molar-refractivity contribution < 1.29 is 5.11 Å². The van der Waals surface area contributed by atoms with E-state index >= 15 is 0 Å². The van der Waals surface area contributed by atoms with Crippen molar-refractivity contribution in [1.29, 1.82) is 0 Å². The number of hydrogen-bond donors (Lipinski definition) is 1. The number of rotatable bonds is 5. The minimum Gasteiger partial charge on any atom is -0.507 e. The van der Waals surface area contributed by atoms with Gasteiger partial charge in [-0.25, -0.2) is 0 Å². The second-order valence-electron chi connectivity index (χ2n) is 15.2. The fourth-order valence-corrected chi connectivity index (χ4v) is 9.08. The summed E-state index contributed by atoms with van der Waals surface area (Å²) in [6.07, 6.45) is 8.23. The average Bonchev–Trinajstić information content (AvgIpc) is 3.76. The summed E-state index contributed by atoms with van der Waals surface area (Å²) in [5.74, 6) is 0.800. The van der Waals surface area contributed by atoms with Gasteiger partial charge < -0.3 is 5.11 Å². The molecule has 1 N–H and O–H groups in total. The highest BCUT2D eigenvalue weighted by Crippen LogP contribution is 2.57. The summed E-state index contributed by atoms with van der Waals surface area (Å²) in [5.41, 5.74) is 13.8. The third-order valence-corrected chi connectivity index (χ3v) is 11.7. The summed E-state index contributed by atoms with van der Waals surface area (Å²) in [7, 11) is 0. The van der Waals surface area contributed by atoms with E-state index in [9.17, 15) is 5.11 Å². The molecule has 2 aliphatic rings. The van der Waals surface area contributed by atoms with Gasteiger partial charge >= 0.3 is 0 Å². The Labute approximate surface area is 303 Å². The molecular weight excluding hydrogens is 645 g/mol. The Morgan fingerprint density at radius 2 is 1.57 bits per heavy atom. The molecule has 0 spiro atoms. The minimum atomic E-state index is -0.748. The van der Waals surface area contributed by atoms with Gasteiger partial charge in [-0.2, -0.15) is 8.75 Å². The molecule has 1 atom stereocenters. The molecule has 4 aromatic carbocycles. The monoisotopic (exact) mass is 684 g/mol. The Hall–Kier alpha value is -5.20. The normalized spacial score (nSPS) is 17.4. The molecule has 0 radical (unpaired) electrons. The summed E-state index contributed by atoms with van der Waals surface area (Å²) in [5, 5.41) is 11.0. The van der Waals surface area contributed by atoms with Gasteiger partial charge in [0.25, 0.3) is 0 Å². The Kier molecular flexibility index (Phi) is 7.62. The van der Waals surface area contributed by atoms with Gasteiger partial charge in [0.05, 0.1) is 34.2 Å². The molecule has 3 heterocycles. The van der Waals surface area contributed by atoms with Gasteiger partial charge in [0, 0.05) is 17.3 Å². The van der Waals surface area contributed by atoms with Crippen LogP contribution in [0.3, 0.4) is 0 Å². The van der Waals surface area contributed by atoms with E-state index in [1.54, 1.807) is 6.07 Å². The molecule has 0 aliphatic heterocycles. The molecule has 0 saturated heterocycles. The molecule has 1 saturated carbocycles. The molecule has 7 aromatic rings. The van der Waals surface area contributed by atoms with Crippen LogP contribution in [0.4, 0.5) is 0 Å². The van der Waals surface area contributed by atoms with E-state index in [0.717, 1.165) is 39.2 Å². The van der Waals surface area contributed by atoms with Crippen LogP contribution < -0.4 is 0 Å². The molecule has 51 heavy (non-hydrogen) atoms. The van der Waals surface area contributed by atoms with Crippen molar-refractivity contribution >= 4 is 22.8 Å². The van der Waals surface area contributed by atoms with Crippen molar-refractivity contribution in [2.45, 2.75) is 69.6 Å². The lowest BCUT2D eigenvalue weighted by molar-refractivity contribution is 0.443. The smallest absolute Gasteiger partial charge is 0.131 e. The SMILES string of the molecule is CC(C)(C)c1ccc2c(c1)C(c1cccc(-c3nccc4nsnc34)c1)(c1cccc(-c3ccccc3O)n1)c1ccc(C3CCCCC3)cc1-2. The van der Waals surface area contributed by atoms with Gasteiger partial charge in [-0.15, -0.1) is 0 Å². The van der Waals surface area contributed by atoms with E-state index < -0.39 is 5.41 Å². The van der Waals surface area contributed by atoms with E-state index in [4.69, 9.17) is 9.97 Å². The van der Waals surface area contributed by atoms with Crippen molar-refractivity contribution in [2.75, 3.05) is 0 Å². The van der Waals surface area contributed by atoms with Crippen molar-refractivity contribution in [3.8, 4) is 39.4 Å². The molecular formula is C45H40N4OS. The van der Waals surface area contributed by atoms with Crippen LogP contribution >= 0.6 is 11.7 Å². The van der Waals surface area contributed by atoms with Crippen molar-refractivity contribution in [3.05, 3.63) is 149 Å². The van der Waals surface area contributed by atoms with Crippen LogP contribution in [0.25, 0.3) is 44.7 Å². The van der Waals surface area contributed by atoms with Gasteiger partial charge in [-0.1, -0.05) is 113 Å². The second-order valence-corrected chi connectivity index (χ2v) is 15.7. The van der Waals surface area contributed by atoms with E-state index in [1.165, 1.54) is 77.2 Å². The first-order valence-electron chi connectivity index (χ1n) is 18.1. The number of aromatic hydroxyl groups is 1. The second kappa shape index (κ2) is 12.2. The third-order valence-electron chi connectivity index (χ3n) is 11.2. The van der Waals surface area contributed by atoms with E-state index in [1.807, 2.05) is 36.5 Å². The minimum absolute atomic E-state index is 0.0626. The standard InChI is InChI=1S/C45H40N4OS/c1-44(2,3)31-20-21-33-35-26-29(28-11-5-4-6-12-28)19-22-36(35)45(37(33)27-31,41-18-10-16-38(47-41)34-15-7-8-17-40(34)50)32-14-9-13-30(25-32)42-43-39(23-24-46-42)48-51-49-43/h7-10,13-28,50H,4-6,11-12H2,1-3H3. The number of phenolic OH excluding ortho intramolecular Hbond substituents is 1. The predicted molar refractivity (Wildman–Crippen MR) is 207 cm³/mol. The molecule has 1 unspecified atom stereocenters. The number of phenols is 1. The molecule has 0 amide bonds. The summed E-state index contributed by atoms with van der Waals surface area (Å²) in [6.45, 7) is 6.85. The molecule has 6 heteroatoms. The lowest BCUT2D eigenvalue weighted by Gasteiger charge is -2.34. The van der Waals surface area contributed by atoms with Gasteiger partial charge in [0.15, 0.2) is 0 Å². The topological polar surface area (TPSA) is 71.8 Å².